The Labute approximate surface area is 112 Å². The second-order valence-electron chi connectivity index (χ2n) is 6.56. The van der Waals surface area contributed by atoms with Gasteiger partial charge in [-0.25, -0.2) is 0 Å². The molecule has 1 amide bonds. The van der Waals surface area contributed by atoms with Crippen molar-refractivity contribution in [3.05, 3.63) is 0 Å². The van der Waals surface area contributed by atoms with Crippen LogP contribution in [0, 0.1) is 10.8 Å². The normalized spacial score (nSPS) is 23.7. The summed E-state index contributed by atoms with van der Waals surface area (Å²) in [5, 5.41) is 6.55. The van der Waals surface area contributed by atoms with Gasteiger partial charge in [0.25, 0.3) is 0 Å². The summed E-state index contributed by atoms with van der Waals surface area (Å²) in [4.78, 5) is 11.8. The van der Waals surface area contributed by atoms with E-state index in [1.54, 1.807) is 0 Å². The van der Waals surface area contributed by atoms with E-state index in [1.165, 1.54) is 12.8 Å². The zero-order valence-electron chi connectivity index (χ0n) is 11.7. The molecule has 2 N–H and O–H groups in total. The van der Waals surface area contributed by atoms with Gasteiger partial charge < -0.3 is 10.6 Å². The Kier molecular flexibility index (Phi) is 5.95. The average Bonchev–Trinajstić information content (AvgIpc) is 2.13. The molecule has 102 valence electrons. The van der Waals surface area contributed by atoms with Crippen molar-refractivity contribution < 1.29 is 4.79 Å². The van der Waals surface area contributed by atoms with Crippen molar-refractivity contribution >= 4 is 18.3 Å². The van der Waals surface area contributed by atoms with Gasteiger partial charge in [-0.05, 0) is 24.8 Å². The number of rotatable bonds is 2. The molecule has 1 aliphatic heterocycles. The van der Waals surface area contributed by atoms with Crippen LogP contribution in [0.3, 0.4) is 0 Å². The number of nitrogens with one attached hydrogen (secondary N) is 2. The van der Waals surface area contributed by atoms with Crippen LogP contribution in [0.5, 0.6) is 0 Å². The smallest absolute Gasteiger partial charge is 0.225 e. The molecule has 0 aromatic heterocycles. The lowest BCUT2D eigenvalue weighted by Gasteiger charge is -2.39. The van der Waals surface area contributed by atoms with Crippen LogP contribution >= 0.6 is 12.4 Å². The van der Waals surface area contributed by atoms with Gasteiger partial charge in [-0.1, -0.05) is 34.6 Å². The molecule has 17 heavy (non-hydrogen) atoms. The fraction of sp³-hybridized carbons (Fsp3) is 0.923. The highest BCUT2D eigenvalue weighted by atomic mass is 35.5. The molecule has 1 rings (SSSR count). The highest BCUT2D eigenvalue weighted by Crippen LogP contribution is 2.29. The molecule has 1 heterocycles. The summed E-state index contributed by atoms with van der Waals surface area (Å²) in [5.74, 6) is 0.135. The first-order valence-electron chi connectivity index (χ1n) is 6.25. The second-order valence-corrected chi connectivity index (χ2v) is 6.56. The summed E-state index contributed by atoms with van der Waals surface area (Å²) in [6.07, 6.45) is 2.47. The Balaban J connectivity index is 0.00000256. The summed E-state index contributed by atoms with van der Waals surface area (Å²) < 4.78 is 0. The molecule has 0 saturated carbocycles. The number of carbonyl (C=O) groups excluding carboxylic acids is 1. The van der Waals surface area contributed by atoms with Gasteiger partial charge in [0.05, 0.1) is 0 Å². The molecule has 4 heteroatoms. The molecule has 1 aliphatic rings. The maximum atomic E-state index is 11.8. The van der Waals surface area contributed by atoms with Crippen molar-refractivity contribution in [2.45, 2.75) is 53.5 Å². The minimum Gasteiger partial charge on any atom is -0.354 e. The van der Waals surface area contributed by atoms with E-state index in [0.29, 0.717) is 6.04 Å². The number of carbonyl (C=O) groups is 1. The molecule has 0 spiro atoms. The highest BCUT2D eigenvalue weighted by Gasteiger charge is 2.32. The Morgan fingerprint density at radius 2 is 2.00 bits per heavy atom. The maximum absolute atomic E-state index is 11.8. The lowest BCUT2D eigenvalue weighted by Crippen LogP contribution is -2.53. The predicted molar refractivity (Wildman–Crippen MR) is 74.5 cm³/mol. The third kappa shape index (κ3) is 4.84. The van der Waals surface area contributed by atoms with Gasteiger partial charge in [-0.15, -0.1) is 12.4 Å². The van der Waals surface area contributed by atoms with Gasteiger partial charge in [-0.3, -0.25) is 4.79 Å². The predicted octanol–water partition coefficient (Wildman–Crippen LogP) is 2.35. The Morgan fingerprint density at radius 3 is 2.47 bits per heavy atom. The molecule has 1 unspecified atom stereocenters. The first kappa shape index (κ1) is 16.7. The number of hydrogen-bond acceptors (Lipinski definition) is 2. The third-order valence-corrected chi connectivity index (χ3v) is 3.48. The van der Waals surface area contributed by atoms with Crippen molar-refractivity contribution in [2.75, 3.05) is 13.1 Å². The van der Waals surface area contributed by atoms with Gasteiger partial charge >= 0.3 is 0 Å². The van der Waals surface area contributed by atoms with Crippen LogP contribution in [0.25, 0.3) is 0 Å². The zero-order chi connectivity index (χ0) is 12.4. The topological polar surface area (TPSA) is 41.1 Å². The average molecular weight is 263 g/mol. The molecule has 3 nitrogen and oxygen atoms in total. The maximum Gasteiger partial charge on any atom is 0.225 e. The quantitative estimate of drug-likeness (QED) is 0.802. The SMILES string of the molecule is CC(C)(C)C(=O)NCC1NCCCC1(C)C.Cl. The second kappa shape index (κ2) is 6.05. The first-order chi connectivity index (χ1) is 7.23. The van der Waals surface area contributed by atoms with Crippen molar-refractivity contribution in [3.8, 4) is 0 Å². The molecule has 0 radical (unpaired) electrons. The monoisotopic (exact) mass is 262 g/mol. The third-order valence-electron chi connectivity index (χ3n) is 3.48. The minimum atomic E-state index is -0.293. The van der Waals surface area contributed by atoms with Crippen LogP contribution in [0.15, 0.2) is 0 Å². The fourth-order valence-electron chi connectivity index (χ4n) is 2.08. The molecular formula is C13H27ClN2O. The van der Waals surface area contributed by atoms with Crippen molar-refractivity contribution in [3.63, 3.8) is 0 Å². The highest BCUT2D eigenvalue weighted by molar-refractivity contribution is 5.85. The Morgan fingerprint density at radius 1 is 1.41 bits per heavy atom. The minimum absolute atomic E-state index is 0. The number of hydrogen-bond donors (Lipinski definition) is 2. The molecule has 0 bridgehead atoms. The van der Waals surface area contributed by atoms with Crippen LogP contribution in [0.1, 0.15) is 47.5 Å². The summed E-state index contributed by atoms with van der Waals surface area (Å²) in [5.41, 5.74) is -0.0117. The van der Waals surface area contributed by atoms with E-state index in [1.807, 2.05) is 20.8 Å². The lowest BCUT2D eigenvalue weighted by atomic mass is 9.77. The van der Waals surface area contributed by atoms with Gasteiger partial charge in [0, 0.05) is 18.0 Å². The van der Waals surface area contributed by atoms with Crippen LogP contribution in [0.4, 0.5) is 0 Å². The number of amides is 1. The summed E-state index contributed by atoms with van der Waals surface area (Å²) >= 11 is 0. The van der Waals surface area contributed by atoms with E-state index in [9.17, 15) is 4.79 Å². The van der Waals surface area contributed by atoms with Crippen molar-refractivity contribution in [1.29, 1.82) is 0 Å². The van der Waals surface area contributed by atoms with Gasteiger partial charge in [-0.2, -0.15) is 0 Å². The van der Waals surface area contributed by atoms with Crippen molar-refractivity contribution in [1.82, 2.24) is 10.6 Å². The Bertz CT molecular complexity index is 259. The number of piperidine rings is 1. The molecule has 1 atom stereocenters. The van der Waals surface area contributed by atoms with E-state index < -0.39 is 0 Å². The summed E-state index contributed by atoms with van der Waals surface area (Å²) in [6, 6.07) is 0.396. The fourth-order valence-corrected chi connectivity index (χ4v) is 2.08. The lowest BCUT2D eigenvalue weighted by molar-refractivity contribution is -0.128. The zero-order valence-corrected chi connectivity index (χ0v) is 12.5. The van der Waals surface area contributed by atoms with Gasteiger partial charge in [0.15, 0.2) is 0 Å². The van der Waals surface area contributed by atoms with E-state index in [2.05, 4.69) is 24.5 Å². The van der Waals surface area contributed by atoms with E-state index >= 15 is 0 Å². The standard InChI is InChI=1S/C13H26N2O.ClH/c1-12(2,3)11(16)15-9-10-13(4,5)7-6-8-14-10;/h10,14H,6-9H2,1-5H3,(H,15,16);1H. The van der Waals surface area contributed by atoms with Crippen LogP contribution in [-0.4, -0.2) is 25.0 Å². The van der Waals surface area contributed by atoms with Gasteiger partial charge in [0.1, 0.15) is 0 Å². The summed E-state index contributed by atoms with van der Waals surface area (Å²) in [6.45, 7) is 12.2. The molecule has 1 fully saturated rings. The van der Waals surface area contributed by atoms with Gasteiger partial charge in [0.2, 0.25) is 5.91 Å². The molecular weight excluding hydrogens is 236 g/mol. The summed E-state index contributed by atoms with van der Waals surface area (Å²) in [7, 11) is 0. The van der Waals surface area contributed by atoms with Crippen LogP contribution in [-0.2, 0) is 4.79 Å². The van der Waals surface area contributed by atoms with E-state index in [0.717, 1.165) is 13.1 Å². The Hall–Kier alpha value is -0.280. The van der Waals surface area contributed by atoms with Crippen molar-refractivity contribution in [2.24, 2.45) is 10.8 Å². The van der Waals surface area contributed by atoms with E-state index in [-0.39, 0.29) is 29.1 Å². The largest absolute Gasteiger partial charge is 0.354 e. The molecule has 1 saturated heterocycles. The van der Waals surface area contributed by atoms with Crippen LogP contribution < -0.4 is 10.6 Å². The van der Waals surface area contributed by atoms with E-state index in [4.69, 9.17) is 0 Å². The molecule has 0 aromatic rings. The van der Waals surface area contributed by atoms with Crippen LogP contribution in [0.2, 0.25) is 0 Å². The molecule has 0 aromatic carbocycles. The molecule has 0 aliphatic carbocycles. The number of halogens is 1. The first-order valence-corrected chi connectivity index (χ1v) is 6.25.